The zero-order valence-electron chi connectivity index (χ0n) is 13.9. The second kappa shape index (κ2) is 6.84. The van der Waals surface area contributed by atoms with Gasteiger partial charge in [-0.25, -0.2) is 4.98 Å². The molecule has 0 aliphatic heterocycles. The molecule has 0 aliphatic carbocycles. The lowest BCUT2D eigenvalue weighted by atomic mass is 9.99. The third-order valence-corrected chi connectivity index (χ3v) is 4.43. The van der Waals surface area contributed by atoms with Crippen LogP contribution in [-0.4, -0.2) is 21.5 Å². The van der Waals surface area contributed by atoms with Crippen molar-refractivity contribution in [3.8, 4) is 5.69 Å². The summed E-state index contributed by atoms with van der Waals surface area (Å²) in [5.74, 6) is 0.00627. The molecule has 3 rings (SSSR count). The van der Waals surface area contributed by atoms with E-state index in [0.29, 0.717) is 0 Å². The van der Waals surface area contributed by atoms with Crippen LogP contribution in [0.5, 0.6) is 0 Å². The molecule has 3 aromatic rings. The molecular formula is C19H22N4O. The number of nitrogens with zero attached hydrogens (tertiary/aromatic N) is 2. The van der Waals surface area contributed by atoms with Crippen LogP contribution in [0.1, 0.15) is 20.3 Å². The Labute approximate surface area is 141 Å². The lowest BCUT2D eigenvalue weighted by Gasteiger charge is -2.17. The molecule has 2 aromatic carbocycles. The third-order valence-electron chi connectivity index (χ3n) is 4.43. The second-order valence-electron chi connectivity index (χ2n) is 6.05. The number of hydrogen-bond acceptors (Lipinski definition) is 3. The number of para-hydroxylation sites is 2. The molecule has 3 N–H and O–H groups in total. The molecule has 0 bridgehead atoms. The number of amides is 1. The van der Waals surface area contributed by atoms with E-state index in [1.165, 1.54) is 0 Å². The van der Waals surface area contributed by atoms with Crippen molar-refractivity contribution < 1.29 is 4.79 Å². The summed E-state index contributed by atoms with van der Waals surface area (Å²) in [6, 6.07) is 15.2. The average Bonchev–Trinajstić information content (AvgIpc) is 3.05. The van der Waals surface area contributed by atoms with Gasteiger partial charge in [0.15, 0.2) is 0 Å². The van der Waals surface area contributed by atoms with E-state index in [0.717, 1.165) is 28.8 Å². The molecule has 0 saturated heterocycles. The standard InChI is InChI=1S/C19H22N4O/c1-3-13(2)18(20)19(24)22-14-8-10-15(11-9-14)23-12-21-16-6-4-5-7-17(16)23/h4-13,18H,3,20H2,1-2H3,(H,22,24). The largest absolute Gasteiger partial charge is 0.325 e. The molecule has 1 aromatic heterocycles. The quantitative estimate of drug-likeness (QED) is 0.756. The Morgan fingerprint density at radius 2 is 1.92 bits per heavy atom. The van der Waals surface area contributed by atoms with Crippen LogP contribution in [0, 0.1) is 5.92 Å². The number of anilines is 1. The molecule has 1 heterocycles. The van der Waals surface area contributed by atoms with E-state index in [1.54, 1.807) is 6.33 Å². The molecule has 0 radical (unpaired) electrons. The van der Waals surface area contributed by atoms with Gasteiger partial charge < -0.3 is 11.1 Å². The minimum Gasteiger partial charge on any atom is -0.325 e. The maximum absolute atomic E-state index is 12.1. The average molecular weight is 322 g/mol. The van der Waals surface area contributed by atoms with Crippen molar-refractivity contribution in [2.75, 3.05) is 5.32 Å². The summed E-state index contributed by atoms with van der Waals surface area (Å²) in [6.07, 6.45) is 2.68. The summed E-state index contributed by atoms with van der Waals surface area (Å²) >= 11 is 0. The highest BCUT2D eigenvalue weighted by molar-refractivity contribution is 5.95. The zero-order valence-corrected chi connectivity index (χ0v) is 13.9. The SMILES string of the molecule is CCC(C)C(N)C(=O)Nc1ccc(-n2cnc3ccccc32)cc1. The maximum atomic E-state index is 12.1. The van der Waals surface area contributed by atoms with Crippen LogP contribution in [0.4, 0.5) is 5.69 Å². The molecule has 1 amide bonds. The van der Waals surface area contributed by atoms with Gasteiger partial charge in [-0.3, -0.25) is 9.36 Å². The Kier molecular flexibility index (Phi) is 4.62. The molecular weight excluding hydrogens is 300 g/mol. The van der Waals surface area contributed by atoms with Gasteiger partial charge in [-0.15, -0.1) is 0 Å². The van der Waals surface area contributed by atoms with Crippen LogP contribution in [-0.2, 0) is 4.79 Å². The fraction of sp³-hybridized carbons (Fsp3) is 0.263. The van der Waals surface area contributed by atoms with Crippen molar-refractivity contribution in [3.05, 3.63) is 54.9 Å². The first kappa shape index (κ1) is 16.2. The monoisotopic (exact) mass is 322 g/mol. The number of hydrogen-bond donors (Lipinski definition) is 2. The fourth-order valence-electron chi connectivity index (χ4n) is 2.61. The highest BCUT2D eigenvalue weighted by Gasteiger charge is 2.19. The first-order valence-electron chi connectivity index (χ1n) is 8.19. The Bertz CT molecular complexity index is 838. The van der Waals surface area contributed by atoms with Crippen LogP contribution in [0.25, 0.3) is 16.7 Å². The zero-order chi connectivity index (χ0) is 17.1. The second-order valence-corrected chi connectivity index (χ2v) is 6.05. The molecule has 2 unspecified atom stereocenters. The van der Waals surface area contributed by atoms with E-state index in [9.17, 15) is 4.79 Å². The van der Waals surface area contributed by atoms with Crippen LogP contribution < -0.4 is 11.1 Å². The van der Waals surface area contributed by atoms with Gasteiger partial charge in [0, 0.05) is 11.4 Å². The Morgan fingerprint density at radius 3 is 2.62 bits per heavy atom. The third kappa shape index (κ3) is 3.16. The van der Waals surface area contributed by atoms with Gasteiger partial charge in [-0.2, -0.15) is 0 Å². The summed E-state index contributed by atoms with van der Waals surface area (Å²) in [4.78, 5) is 16.5. The summed E-state index contributed by atoms with van der Waals surface area (Å²) in [5.41, 5.74) is 9.70. The van der Waals surface area contributed by atoms with Crippen molar-refractivity contribution >= 4 is 22.6 Å². The molecule has 0 fully saturated rings. The van der Waals surface area contributed by atoms with Gasteiger partial charge in [0.25, 0.3) is 0 Å². The first-order valence-corrected chi connectivity index (χ1v) is 8.19. The van der Waals surface area contributed by atoms with Crippen LogP contribution >= 0.6 is 0 Å². The number of carbonyl (C=O) groups excluding carboxylic acids is 1. The number of carbonyl (C=O) groups is 1. The summed E-state index contributed by atoms with van der Waals surface area (Å²) < 4.78 is 2.02. The van der Waals surface area contributed by atoms with Gasteiger partial charge in [0.05, 0.1) is 17.1 Å². The molecule has 0 saturated carbocycles. The summed E-state index contributed by atoms with van der Waals surface area (Å²) in [6.45, 7) is 4.01. The molecule has 5 heteroatoms. The summed E-state index contributed by atoms with van der Waals surface area (Å²) in [5, 5.41) is 2.88. The molecule has 0 spiro atoms. The highest BCUT2D eigenvalue weighted by Crippen LogP contribution is 2.20. The lowest BCUT2D eigenvalue weighted by Crippen LogP contribution is -2.40. The number of nitrogens with one attached hydrogen (secondary N) is 1. The normalized spacial score (nSPS) is 13.6. The number of benzene rings is 2. The van der Waals surface area contributed by atoms with E-state index in [2.05, 4.69) is 10.3 Å². The van der Waals surface area contributed by atoms with Crippen molar-refractivity contribution in [3.63, 3.8) is 0 Å². The molecule has 124 valence electrons. The minimum atomic E-state index is -0.493. The van der Waals surface area contributed by atoms with Crippen molar-refractivity contribution in [2.24, 2.45) is 11.7 Å². The van der Waals surface area contributed by atoms with Gasteiger partial charge in [-0.05, 0) is 42.3 Å². The first-order chi connectivity index (χ1) is 11.6. The van der Waals surface area contributed by atoms with Crippen LogP contribution in [0.2, 0.25) is 0 Å². The van der Waals surface area contributed by atoms with Gasteiger partial charge in [0.1, 0.15) is 6.33 Å². The number of fused-ring (bicyclic) bond motifs is 1. The Balaban J connectivity index is 1.77. The molecule has 5 nitrogen and oxygen atoms in total. The van der Waals surface area contributed by atoms with Gasteiger partial charge >= 0.3 is 0 Å². The number of nitrogens with two attached hydrogens (primary N) is 1. The number of rotatable bonds is 5. The molecule has 0 aliphatic rings. The Morgan fingerprint density at radius 1 is 1.21 bits per heavy atom. The van der Waals surface area contributed by atoms with Crippen LogP contribution in [0.3, 0.4) is 0 Å². The van der Waals surface area contributed by atoms with Gasteiger partial charge in [-0.1, -0.05) is 32.4 Å². The Hall–Kier alpha value is -2.66. The van der Waals surface area contributed by atoms with E-state index < -0.39 is 6.04 Å². The van der Waals surface area contributed by atoms with Crippen molar-refractivity contribution in [2.45, 2.75) is 26.3 Å². The molecule has 24 heavy (non-hydrogen) atoms. The van der Waals surface area contributed by atoms with Crippen molar-refractivity contribution in [1.29, 1.82) is 0 Å². The predicted molar refractivity (Wildman–Crippen MR) is 97.1 cm³/mol. The highest BCUT2D eigenvalue weighted by atomic mass is 16.2. The van der Waals surface area contributed by atoms with E-state index in [1.807, 2.05) is 66.9 Å². The fourth-order valence-corrected chi connectivity index (χ4v) is 2.61. The lowest BCUT2D eigenvalue weighted by molar-refractivity contribution is -0.118. The number of aromatic nitrogens is 2. The van der Waals surface area contributed by atoms with Gasteiger partial charge in [0.2, 0.25) is 5.91 Å². The predicted octanol–water partition coefficient (Wildman–Crippen LogP) is 3.34. The van der Waals surface area contributed by atoms with Crippen molar-refractivity contribution in [1.82, 2.24) is 9.55 Å². The van der Waals surface area contributed by atoms with Crippen LogP contribution in [0.15, 0.2) is 54.9 Å². The number of imidazole rings is 1. The molecule has 2 atom stereocenters. The van der Waals surface area contributed by atoms with E-state index in [4.69, 9.17) is 5.73 Å². The van der Waals surface area contributed by atoms with E-state index in [-0.39, 0.29) is 11.8 Å². The van der Waals surface area contributed by atoms with E-state index >= 15 is 0 Å². The minimum absolute atomic E-state index is 0.148. The summed E-state index contributed by atoms with van der Waals surface area (Å²) in [7, 11) is 0. The topological polar surface area (TPSA) is 72.9 Å². The maximum Gasteiger partial charge on any atom is 0.241 e. The smallest absolute Gasteiger partial charge is 0.241 e.